The average molecular weight is 492 g/mol. The fourth-order valence-electron chi connectivity index (χ4n) is 3.25. The minimum atomic E-state index is -5.15. The summed E-state index contributed by atoms with van der Waals surface area (Å²) in [5.41, 5.74) is -3.24. The second-order valence-corrected chi connectivity index (χ2v) is 8.97. The molecule has 2 heterocycles. The molecule has 1 fully saturated rings. The summed E-state index contributed by atoms with van der Waals surface area (Å²) in [6, 6.07) is 9.78. The lowest BCUT2D eigenvalue weighted by molar-refractivity contribution is -0.255. The summed E-state index contributed by atoms with van der Waals surface area (Å²) < 4.78 is 66.2. The van der Waals surface area contributed by atoms with E-state index in [-0.39, 0.29) is 24.2 Å². The number of carboxylic acids is 1. The highest BCUT2D eigenvalue weighted by Crippen LogP contribution is 2.35. The summed E-state index contributed by atoms with van der Waals surface area (Å²) in [6.07, 6.45) is -5.15. The van der Waals surface area contributed by atoms with Gasteiger partial charge in [0.1, 0.15) is 11.9 Å². The Hall–Kier alpha value is -4.17. The van der Waals surface area contributed by atoms with Crippen molar-refractivity contribution in [2.75, 3.05) is 18.0 Å². The molecule has 176 valence electrons. The Balaban J connectivity index is 1.75. The summed E-state index contributed by atoms with van der Waals surface area (Å²) in [7, 11) is -4.18. The third-order valence-electron chi connectivity index (χ3n) is 4.90. The van der Waals surface area contributed by atoms with Gasteiger partial charge in [-0.15, -0.1) is 0 Å². The largest absolute Gasteiger partial charge is 0.545 e. The molecule has 0 aliphatic carbocycles. The van der Waals surface area contributed by atoms with Crippen LogP contribution in [0.15, 0.2) is 30.3 Å². The first kappa shape index (κ1) is 24.5. The van der Waals surface area contributed by atoms with Crippen molar-refractivity contribution in [2.24, 2.45) is 5.92 Å². The number of alkyl halides is 3. The van der Waals surface area contributed by atoms with E-state index in [1.165, 1.54) is 18.2 Å². The van der Waals surface area contributed by atoms with E-state index in [2.05, 4.69) is 4.98 Å². The number of anilines is 1. The number of carboxylic acid groups (broad SMARTS) is 1. The average Bonchev–Trinajstić information content (AvgIpc) is 2.71. The maximum Gasteiger partial charge on any atom is 0.434 e. The van der Waals surface area contributed by atoms with Crippen molar-refractivity contribution in [3.05, 3.63) is 58.3 Å². The molecule has 0 saturated carbocycles. The number of hydrogen-bond acceptors (Lipinski definition) is 9. The molecule has 1 aliphatic rings. The van der Waals surface area contributed by atoms with Gasteiger partial charge in [-0.3, -0.25) is 9.52 Å². The number of rotatable bonds is 6. The Bertz CT molecular complexity index is 1360. The van der Waals surface area contributed by atoms with E-state index >= 15 is 0 Å². The van der Waals surface area contributed by atoms with E-state index in [1.807, 2.05) is 10.8 Å². The molecule has 0 unspecified atom stereocenters. The molecule has 3 rings (SSSR count). The monoisotopic (exact) mass is 492 g/mol. The highest BCUT2D eigenvalue weighted by molar-refractivity contribution is 7.89. The number of aromatic nitrogens is 1. The normalized spacial score (nSPS) is 14.0. The number of amides is 1. The SMILES string of the molecule is N#Cc1ccccc1CS(=O)(=O)NC(=O)C1CN(c2nc(C(F)(F)F)c(C(=O)[O-])cc2C#N)C1. The van der Waals surface area contributed by atoms with Crippen LogP contribution >= 0.6 is 0 Å². The van der Waals surface area contributed by atoms with Crippen molar-refractivity contribution in [1.82, 2.24) is 9.71 Å². The summed E-state index contributed by atoms with van der Waals surface area (Å²) in [5.74, 6) is -5.17. The number of nitrogens with zero attached hydrogens (tertiary/aromatic N) is 4. The number of hydrogen-bond donors (Lipinski definition) is 1. The van der Waals surface area contributed by atoms with Gasteiger partial charge in [-0.1, -0.05) is 18.2 Å². The number of sulfonamides is 1. The van der Waals surface area contributed by atoms with E-state index in [0.29, 0.717) is 6.07 Å². The third kappa shape index (κ3) is 5.07. The Morgan fingerprint density at radius 1 is 1.18 bits per heavy atom. The molecule has 34 heavy (non-hydrogen) atoms. The Morgan fingerprint density at radius 3 is 2.35 bits per heavy atom. The summed E-state index contributed by atoms with van der Waals surface area (Å²) >= 11 is 0. The van der Waals surface area contributed by atoms with Crippen LogP contribution in [0.5, 0.6) is 0 Å². The molecular weight excluding hydrogens is 479 g/mol. The quantitative estimate of drug-likeness (QED) is 0.596. The Kier molecular flexibility index (Phi) is 6.47. The Morgan fingerprint density at radius 2 is 1.79 bits per heavy atom. The maximum absolute atomic E-state index is 13.2. The van der Waals surface area contributed by atoms with Crippen molar-refractivity contribution >= 4 is 27.7 Å². The Labute approximate surface area is 190 Å². The minimum absolute atomic E-state index is 0.116. The van der Waals surface area contributed by atoms with Gasteiger partial charge < -0.3 is 14.8 Å². The number of aromatic carboxylic acids is 1. The molecule has 0 radical (unpaired) electrons. The van der Waals surface area contributed by atoms with Crippen molar-refractivity contribution in [3.8, 4) is 12.1 Å². The fraction of sp³-hybridized carbons (Fsp3) is 0.250. The van der Waals surface area contributed by atoms with Crippen LogP contribution in [0.3, 0.4) is 0 Å². The van der Waals surface area contributed by atoms with Gasteiger partial charge in [0.2, 0.25) is 15.9 Å². The minimum Gasteiger partial charge on any atom is -0.545 e. The molecular formula is C20H13F3N5O5S-. The number of benzene rings is 1. The van der Waals surface area contributed by atoms with E-state index in [1.54, 1.807) is 12.1 Å². The second kappa shape index (κ2) is 8.99. The number of nitrogens with one attached hydrogen (secondary N) is 1. The van der Waals surface area contributed by atoms with Gasteiger partial charge in [-0.25, -0.2) is 13.4 Å². The third-order valence-corrected chi connectivity index (χ3v) is 6.11. The van der Waals surface area contributed by atoms with E-state index in [9.17, 15) is 41.5 Å². The molecule has 0 bridgehead atoms. The van der Waals surface area contributed by atoms with Gasteiger partial charge in [-0.05, 0) is 17.7 Å². The van der Waals surface area contributed by atoms with E-state index in [4.69, 9.17) is 5.26 Å². The molecule has 2 aromatic rings. The predicted molar refractivity (Wildman–Crippen MR) is 106 cm³/mol. The molecule has 1 aromatic carbocycles. The topological polar surface area (TPSA) is 167 Å². The lowest BCUT2D eigenvalue weighted by Gasteiger charge is -2.39. The van der Waals surface area contributed by atoms with Crippen LogP contribution in [0.4, 0.5) is 19.0 Å². The summed E-state index contributed by atoms with van der Waals surface area (Å²) in [4.78, 5) is 27.8. The van der Waals surface area contributed by atoms with Crippen molar-refractivity contribution in [2.45, 2.75) is 11.9 Å². The number of halogens is 3. The number of nitriles is 2. The molecule has 14 heteroatoms. The van der Waals surface area contributed by atoms with Gasteiger partial charge in [0.15, 0.2) is 5.69 Å². The lowest BCUT2D eigenvalue weighted by Crippen LogP contribution is -2.55. The molecule has 1 amide bonds. The molecule has 10 nitrogen and oxygen atoms in total. The van der Waals surface area contributed by atoms with Crippen molar-refractivity contribution < 1.29 is 36.3 Å². The first-order valence-electron chi connectivity index (χ1n) is 9.37. The highest BCUT2D eigenvalue weighted by atomic mass is 32.2. The number of carbonyl (C=O) groups is 2. The molecule has 0 spiro atoms. The zero-order valence-electron chi connectivity index (χ0n) is 17.0. The van der Waals surface area contributed by atoms with Crippen molar-refractivity contribution in [1.29, 1.82) is 10.5 Å². The molecule has 1 aromatic heterocycles. The second-order valence-electron chi connectivity index (χ2n) is 7.25. The zero-order valence-corrected chi connectivity index (χ0v) is 17.8. The van der Waals surface area contributed by atoms with Gasteiger partial charge in [0, 0.05) is 18.7 Å². The van der Waals surface area contributed by atoms with Gasteiger partial charge in [0.25, 0.3) is 0 Å². The first-order chi connectivity index (χ1) is 15.9. The van der Waals surface area contributed by atoms with Crippen LogP contribution in [0.2, 0.25) is 0 Å². The number of carbonyl (C=O) groups excluding carboxylic acids is 2. The smallest absolute Gasteiger partial charge is 0.434 e. The van der Waals surface area contributed by atoms with Crippen LogP contribution in [-0.4, -0.2) is 38.4 Å². The molecule has 1 saturated heterocycles. The van der Waals surface area contributed by atoms with Crippen LogP contribution in [0, 0.1) is 28.6 Å². The van der Waals surface area contributed by atoms with Crippen LogP contribution in [-0.2, 0) is 26.7 Å². The van der Waals surface area contributed by atoms with Crippen LogP contribution in [0.25, 0.3) is 0 Å². The van der Waals surface area contributed by atoms with Gasteiger partial charge >= 0.3 is 6.18 Å². The summed E-state index contributed by atoms with van der Waals surface area (Å²) in [6.45, 7) is -0.528. The van der Waals surface area contributed by atoms with E-state index in [0.717, 1.165) is 4.90 Å². The summed E-state index contributed by atoms with van der Waals surface area (Å²) in [5, 5.41) is 29.3. The molecule has 1 aliphatic heterocycles. The number of pyridine rings is 1. The van der Waals surface area contributed by atoms with Gasteiger partial charge in [-0.2, -0.15) is 23.7 Å². The van der Waals surface area contributed by atoms with Gasteiger partial charge in [0.05, 0.1) is 34.8 Å². The zero-order chi connectivity index (χ0) is 25.3. The first-order valence-corrected chi connectivity index (χ1v) is 11.0. The fourth-order valence-corrected chi connectivity index (χ4v) is 4.46. The maximum atomic E-state index is 13.2. The molecule has 1 N–H and O–H groups in total. The van der Waals surface area contributed by atoms with Crippen LogP contribution < -0.4 is 14.7 Å². The van der Waals surface area contributed by atoms with Crippen LogP contribution in [0.1, 0.15) is 32.7 Å². The predicted octanol–water partition coefficient (Wildman–Crippen LogP) is 0.290. The van der Waals surface area contributed by atoms with Crippen molar-refractivity contribution in [3.63, 3.8) is 0 Å². The lowest BCUT2D eigenvalue weighted by atomic mass is 9.98. The standard InChI is InChI=1S/C20H14F3N5O5S/c21-20(22,23)16-15(19(30)31)5-13(7-25)17(26-16)28-8-14(9-28)18(29)27-34(32,33)10-12-4-2-1-3-11(12)6-24/h1-5,14H,8-10H2,(H,27,29)(H,30,31)/p-1. The highest BCUT2D eigenvalue weighted by Gasteiger charge is 2.40. The van der Waals surface area contributed by atoms with E-state index < -0.39 is 62.4 Å². The molecule has 0 atom stereocenters.